The molecule has 0 unspecified atom stereocenters. The lowest BCUT2D eigenvalue weighted by atomic mass is 10.2. The normalized spacial score (nSPS) is 11.3. The zero-order valence-electron chi connectivity index (χ0n) is 19.2. The Kier molecular flexibility index (Phi) is 6.09. The summed E-state index contributed by atoms with van der Waals surface area (Å²) < 4.78 is 4.43. The SMILES string of the molecule is Cn1c(=O)n(Cc2ccccc2)c(=O)c2c1nc(N/N=C\c1ccccc1)n2Cc1ccccc1. The molecule has 2 heterocycles. The molecule has 2 aromatic heterocycles. The number of aryl methyl sites for hydroxylation is 1. The molecule has 1 N–H and O–H groups in total. The highest BCUT2D eigenvalue weighted by atomic mass is 16.2. The largest absolute Gasteiger partial charge is 0.332 e. The Morgan fingerprint density at radius 3 is 1.94 bits per heavy atom. The number of nitrogens with zero attached hydrogens (tertiary/aromatic N) is 5. The minimum atomic E-state index is -0.421. The zero-order valence-corrected chi connectivity index (χ0v) is 19.2. The van der Waals surface area contributed by atoms with Gasteiger partial charge in [-0.15, -0.1) is 0 Å². The summed E-state index contributed by atoms with van der Waals surface area (Å²) >= 11 is 0. The molecule has 0 bridgehead atoms. The van der Waals surface area contributed by atoms with Crippen molar-refractivity contribution in [2.45, 2.75) is 13.1 Å². The molecule has 5 rings (SSSR count). The van der Waals surface area contributed by atoms with E-state index in [4.69, 9.17) is 0 Å². The van der Waals surface area contributed by atoms with Gasteiger partial charge in [0.15, 0.2) is 11.2 Å². The van der Waals surface area contributed by atoms with Crippen LogP contribution >= 0.6 is 0 Å². The zero-order chi connectivity index (χ0) is 24.2. The van der Waals surface area contributed by atoms with Gasteiger partial charge in [0.2, 0.25) is 5.95 Å². The molecule has 0 amide bonds. The molecule has 0 fully saturated rings. The van der Waals surface area contributed by atoms with Crippen LogP contribution in [0.3, 0.4) is 0 Å². The first-order valence-electron chi connectivity index (χ1n) is 11.2. The van der Waals surface area contributed by atoms with E-state index in [9.17, 15) is 9.59 Å². The molecular weight excluding hydrogens is 440 g/mol. The van der Waals surface area contributed by atoms with E-state index >= 15 is 0 Å². The topological polar surface area (TPSA) is 86.2 Å². The van der Waals surface area contributed by atoms with Crippen molar-refractivity contribution in [3.05, 3.63) is 129 Å². The fourth-order valence-corrected chi connectivity index (χ4v) is 3.99. The molecule has 174 valence electrons. The first kappa shape index (κ1) is 22.1. The first-order valence-corrected chi connectivity index (χ1v) is 11.2. The number of nitrogens with one attached hydrogen (secondary N) is 1. The summed E-state index contributed by atoms with van der Waals surface area (Å²) in [7, 11) is 1.63. The molecule has 0 atom stereocenters. The molecule has 0 saturated heterocycles. The number of benzene rings is 3. The van der Waals surface area contributed by atoms with E-state index in [1.165, 1.54) is 9.13 Å². The second kappa shape index (κ2) is 9.64. The number of hydrogen-bond acceptors (Lipinski definition) is 5. The van der Waals surface area contributed by atoms with E-state index in [1.807, 2.05) is 91.0 Å². The van der Waals surface area contributed by atoms with E-state index in [2.05, 4.69) is 15.5 Å². The number of fused-ring (bicyclic) bond motifs is 1. The van der Waals surface area contributed by atoms with Gasteiger partial charge in [-0.2, -0.15) is 10.1 Å². The highest BCUT2D eigenvalue weighted by Gasteiger charge is 2.20. The number of imidazole rings is 1. The summed E-state index contributed by atoms with van der Waals surface area (Å²) in [6, 6.07) is 28.9. The summed E-state index contributed by atoms with van der Waals surface area (Å²) in [5.41, 5.74) is 5.58. The van der Waals surface area contributed by atoms with Crippen LogP contribution < -0.4 is 16.7 Å². The fraction of sp³-hybridized carbons (Fsp3) is 0.111. The third kappa shape index (κ3) is 4.54. The molecule has 0 aliphatic rings. The quantitative estimate of drug-likeness (QED) is 0.295. The lowest BCUT2D eigenvalue weighted by Gasteiger charge is -2.11. The summed E-state index contributed by atoms with van der Waals surface area (Å²) in [6.07, 6.45) is 1.68. The maximum absolute atomic E-state index is 13.6. The Morgan fingerprint density at radius 1 is 0.800 bits per heavy atom. The monoisotopic (exact) mass is 464 g/mol. The second-order valence-electron chi connectivity index (χ2n) is 8.18. The number of aromatic nitrogens is 4. The molecule has 0 saturated carbocycles. The smallest absolute Gasteiger partial charge is 0.298 e. The van der Waals surface area contributed by atoms with Crippen LogP contribution in [-0.2, 0) is 20.1 Å². The van der Waals surface area contributed by atoms with Crippen molar-refractivity contribution in [2.24, 2.45) is 12.1 Å². The summed E-state index contributed by atoms with van der Waals surface area (Å²) in [4.78, 5) is 31.4. The van der Waals surface area contributed by atoms with Gasteiger partial charge >= 0.3 is 5.69 Å². The molecule has 0 aliphatic heterocycles. The number of anilines is 1. The van der Waals surface area contributed by atoms with Crippen LogP contribution in [0.2, 0.25) is 0 Å². The van der Waals surface area contributed by atoms with Crippen LogP contribution in [0, 0.1) is 0 Å². The van der Waals surface area contributed by atoms with Gasteiger partial charge in [0.25, 0.3) is 5.56 Å². The van der Waals surface area contributed by atoms with Crippen molar-refractivity contribution in [2.75, 3.05) is 5.43 Å². The predicted molar refractivity (Wildman–Crippen MR) is 138 cm³/mol. The van der Waals surface area contributed by atoms with E-state index < -0.39 is 11.2 Å². The summed E-state index contributed by atoms with van der Waals surface area (Å²) in [5, 5.41) is 4.33. The molecule has 8 heteroatoms. The molecule has 5 aromatic rings. The van der Waals surface area contributed by atoms with Gasteiger partial charge in [-0.05, 0) is 16.7 Å². The molecule has 8 nitrogen and oxygen atoms in total. The maximum atomic E-state index is 13.6. The Hall–Kier alpha value is -4.72. The van der Waals surface area contributed by atoms with Gasteiger partial charge < -0.3 is 0 Å². The maximum Gasteiger partial charge on any atom is 0.332 e. The van der Waals surface area contributed by atoms with E-state index in [-0.39, 0.29) is 6.54 Å². The average Bonchev–Trinajstić information content (AvgIpc) is 3.25. The van der Waals surface area contributed by atoms with Gasteiger partial charge in [-0.25, -0.2) is 10.2 Å². The Bertz CT molecular complexity index is 1600. The van der Waals surface area contributed by atoms with E-state index in [0.29, 0.717) is 23.7 Å². The summed E-state index contributed by atoms with van der Waals surface area (Å²) in [6.45, 7) is 0.563. The lowest BCUT2D eigenvalue weighted by Crippen LogP contribution is -2.40. The van der Waals surface area contributed by atoms with Crippen molar-refractivity contribution in [1.29, 1.82) is 0 Å². The molecular formula is C27H24N6O2. The Balaban J connectivity index is 1.64. The Morgan fingerprint density at radius 2 is 1.34 bits per heavy atom. The fourth-order valence-electron chi connectivity index (χ4n) is 3.99. The number of rotatable bonds is 7. The first-order chi connectivity index (χ1) is 17.1. The van der Waals surface area contributed by atoms with Crippen molar-refractivity contribution in [3.63, 3.8) is 0 Å². The minimum absolute atomic E-state index is 0.174. The van der Waals surface area contributed by atoms with Gasteiger partial charge in [-0.3, -0.25) is 18.5 Å². The van der Waals surface area contributed by atoms with Crippen molar-refractivity contribution < 1.29 is 0 Å². The van der Waals surface area contributed by atoms with Gasteiger partial charge in [0.1, 0.15) is 0 Å². The lowest BCUT2D eigenvalue weighted by molar-refractivity contribution is 0.653. The van der Waals surface area contributed by atoms with E-state index in [0.717, 1.165) is 16.7 Å². The summed E-state index contributed by atoms with van der Waals surface area (Å²) in [5.74, 6) is 0.376. The van der Waals surface area contributed by atoms with Gasteiger partial charge in [-0.1, -0.05) is 91.0 Å². The number of hydrogen-bond donors (Lipinski definition) is 1. The second-order valence-corrected chi connectivity index (χ2v) is 8.18. The molecule has 3 aromatic carbocycles. The third-order valence-corrected chi connectivity index (χ3v) is 5.78. The molecule has 0 aliphatic carbocycles. The van der Waals surface area contributed by atoms with Gasteiger partial charge in [0, 0.05) is 7.05 Å². The van der Waals surface area contributed by atoms with Crippen LogP contribution in [0.1, 0.15) is 16.7 Å². The average molecular weight is 465 g/mol. The van der Waals surface area contributed by atoms with Crippen molar-refractivity contribution in [3.8, 4) is 0 Å². The van der Waals surface area contributed by atoms with Crippen LogP contribution in [0.25, 0.3) is 11.2 Å². The van der Waals surface area contributed by atoms with Crippen LogP contribution in [-0.4, -0.2) is 24.9 Å². The third-order valence-electron chi connectivity index (χ3n) is 5.78. The van der Waals surface area contributed by atoms with Crippen LogP contribution in [0.15, 0.2) is 106 Å². The van der Waals surface area contributed by atoms with E-state index in [1.54, 1.807) is 17.8 Å². The minimum Gasteiger partial charge on any atom is -0.298 e. The molecule has 0 spiro atoms. The van der Waals surface area contributed by atoms with Crippen LogP contribution in [0.4, 0.5) is 5.95 Å². The van der Waals surface area contributed by atoms with Crippen molar-refractivity contribution >= 4 is 23.3 Å². The predicted octanol–water partition coefficient (Wildman–Crippen LogP) is 3.44. The van der Waals surface area contributed by atoms with Gasteiger partial charge in [0.05, 0.1) is 19.3 Å². The highest BCUT2D eigenvalue weighted by Crippen LogP contribution is 2.18. The van der Waals surface area contributed by atoms with Crippen LogP contribution in [0.5, 0.6) is 0 Å². The van der Waals surface area contributed by atoms with Crippen molar-refractivity contribution in [1.82, 2.24) is 18.7 Å². The standard InChI is InChI=1S/C27H24N6O2/c1-31-24-23(25(34)33(27(31)35)19-22-15-9-4-10-16-22)32(18-21-13-7-3-8-14-21)26(29-24)30-28-17-20-11-5-2-6-12-20/h2-17H,18-19H2,1H3,(H,29,30)/b28-17-. The number of hydrazone groups is 1. The molecule has 0 radical (unpaired) electrons. The Labute approximate surface area is 201 Å². The molecule has 35 heavy (non-hydrogen) atoms. The highest BCUT2D eigenvalue weighted by molar-refractivity contribution is 5.80.